The van der Waals surface area contributed by atoms with Crippen LogP contribution in [0, 0.1) is 33.6 Å². The summed E-state index contributed by atoms with van der Waals surface area (Å²) >= 11 is 0. The van der Waals surface area contributed by atoms with E-state index in [2.05, 4.69) is 67.6 Å². The number of benzene rings is 2. The van der Waals surface area contributed by atoms with Gasteiger partial charge in [0.25, 0.3) is 0 Å². The van der Waals surface area contributed by atoms with Crippen molar-refractivity contribution in [3.63, 3.8) is 0 Å². The Morgan fingerprint density at radius 1 is 0.943 bits per heavy atom. The third kappa shape index (κ3) is 6.07. The van der Waals surface area contributed by atoms with Crippen molar-refractivity contribution in [1.29, 1.82) is 0 Å². The maximum atomic E-state index is 12.4. The molecule has 2 aromatic carbocycles. The average Bonchev–Trinajstić information content (AvgIpc) is 2.83. The van der Waals surface area contributed by atoms with Crippen LogP contribution in [0.2, 0.25) is 0 Å². The Morgan fingerprint density at radius 2 is 1.51 bits per heavy atom. The van der Waals surface area contributed by atoms with Gasteiger partial charge in [-0.15, -0.1) is 0 Å². The SMILES string of the molecule is CCOC(=O)[C@@H]1CCCN(c2nc(Nc3ccc(C)cc3C)nc(Nc3ccc(C)cc3C)n2)C1. The Morgan fingerprint density at radius 3 is 2.03 bits per heavy atom. The Bertz CT molecular complexity index is 1140. The van der Waals surface area contributed by atoms with Crippen LogP contribution >= 0.6 is 0 Å². The lowest BCUT2D eigenvalue weighted by Crippen LogP contribution is -2.40. The summed E-state index contributed by atoms with van der Waals surface area (Å²) in [5.74, 6) is 1.09. The Kier molecular flexibility index (Phi) is 7.48. The summed E-state index contributed by atoms with van der Waals surface area (Å²) in [7, 11) is 0. The van der Waals surface area contributed by atoms with Gasteiger partial charge in [-0.2, -0.15) is 15.0 Å². The molecule has 1 saturated heterocycles. The molecule has 1 aliphatic rings. The molecule has 8 nitrogen and oxygen atoms in total. The number of hydrogen-bond acceptors (Lipinski definition) is 8. The van der Waals surface area contributed by atoms with Crippen LogP contribution in [0.4, 0.5) is 29.2 Å². The van der Waals surface area contributed by atoms with Crippen molar-refractivity contribution in [1.82, 2.24) is 15.0 Å². The van der Waals surface area contributed by atoms with Crippen molar-refractivity contribution < 1.29 is 9.53 Å². The first-order valence-corrected chi connectivity index (χ1v) is 12.2. The third-order valence-electron chi connectivity index (χ3n) is 6.20. The van der Waals surface area contributed by atoms with E-state index in [1.165, 1.54) is 11.1 Å². The second-order valence-corrected chi connectivity index (χ2v) is 9.21. The normalized spacial score (nSPS) is 15.6. The zero-order chi connectivity index (χ0) is 24.9. The largest absolute Gasteiger partial charge is 0.466 e. The number of aryl methyl sites for hydroxylation is 4. The molecule has 0 unspecified atom stereocenters. The summed E-state index contributed by atoms with van der Waals surface area (Å²) in [6.45, 7) is 11.8. The van der Waals surface area contributed by atoms with Crippen molar-refractivity contribution in [2.24, 2.45) is 5.92 Å². The van der Waals surface area contributed by atoms with Crippen LogP contribution in [0.25, 0.3) is 0 Å². The lowest BCUT2D eigenvalue weighted by atomic mass is 9.98. The minimum Gasteiger partial charge on any atom is -0.466 e. The summed E-state index contributed by atoms with van der Waals surface area (Å²) in [6, 6.07) is 12.4. The monoisotopic (exact) mass is 474 g/mol. The van der Waals surface area contributed by atoms with Gasteiger partial charge < -0.3 is 20.3 Å². The number of ether oxygens (including phenoxy) is 1. The molecule has 3 aromatic rings. The highest BCUT2D eigenvalue weighted by atomic mass is 16.5. The minimum absolute atomic E-state index is 0.159. The van der Waals surface area contributed by atoms with E-state index in [-0.39, 0.29) is 11.9 Å². The van der Waals surface area contributed by atoms with Crippen LogP contribution < -0.4 is 15.5 Å². The van der Waals surface area contributed by atoms with Crippen molar-refractivity contribution in [3.05, 3.63) is 58.7 Å². The van der Waals surface area contributed by atoms with Gasteiger partial charge in [-0.1, -0.05) is 35.4 Å². The molecule has 0 aliphatic carbocycles. The molecular formula is C27H34N6O2. The van der Waals surface area contributed by atoms with Crippen LogP contribution in [0.3, 0.4) is 0 Å². The fraction of sp³-hybridized carbons (Fsp3) is 0.407. The predicted octanol–water partition coefficient (Wildman–Crippen LogP) is 5.37. The molecule has 2 heterocycles. The summed E-state index contributed by atoms with van der Waals surface area (Å²) in [5, 5.41) is 6.73. The fourth-order valence-corrected chi connectivity index (χ4v) is 4.38. The molecule has 1 fully saturated rings. The molecule has 0 amide bonds. The van der Waals surface area contributed by atoms with E-state index < -0.39 is 0 Å². The smallest absolute Gasteiger partial charge is 0.310 e. The third-order valence-corrected chi connectivity index (χ3v) is 6.20. The van der Waals surface area contributed by atoms with Gasteiger partial charge in [-0.3, -0.25) is 4.79 Å². The number of carbonyl (C=O) groups excluding carboxylic acids is 1. The number of anilines is 5. The molecule has 0 radical (unpaired) electrons. The number of esters is 1. The summed E-state index contributed by atoms with van der Waals surface area (Å²) in [4.78, 5) is 28.6. The number of aromatic nitrogens is 3. The van der Waals surface area contributed by atoms with E-state index in [1.54, 1.807) is 0 Å². The molecule has 2 N–H and O–H groups in total. The van der Waals surface area contributed by atoms with E-state index in [0.717, 1.165) is 41.9 Å². The Labute approximate surface area is 207 Å². The van der Waals surface area contributed by atoms with E-state index in [0.29, 0.717) is 31.0 Å². The average molecular weight is 475 g/mol. The number of rotatable bonds is 7. The molecule has 1 aromatic heterocycles. The molecule has 0 saturated carbocycles. The van der Waals surface area contributed by atoms with Crippen molar-refractivity contribution >= 4 is 35.2 Å². The maximum Gasteiger partial charge on any atom is 0.310 e. The number of carbonyl (C=O) groups is 1. The van der Waals surface area contributed by atoms with Crippen LogP contribution in [0.1, 0.15) is 42.0 Å². The predicted molar refractivity (Wildman–Crippen MR) is 140 cm³/mol. The van der Waals surface area contributed by atoms with E-state index in [1.807, 2.05) is 24.0 Å². The van der Waals surface area contributed by atoms with Gasteiger partial charge in [0.2, 0.25) is 17.8 Å². The molecule has 1 aliphatic heterocycles. The van der Waals surface area contributed by atoms with E-state index in [9.17, 15) is 4.79 Å². The molecule has 0 bridgehead atoms. The molecule has 4 rings (SSSR count). The molecule has 1 atom stereocenters. The van der Waals surface area contributed by atoms with Gasteiger partial charge in [-0.25, -0.2) is 0 Å². The number of piperidine rings is 1. The molecule has 35 heavy (non-hydrogen) atoms. The lowest BCUT2D eigenvalue weighted by molar-refractivity contribution is -0.148. The maximum absolute atomic E-state index is 12.4. The molecule has 0 spiro atoms. The summed E-state index contributed by atoms with van der Waals surface area (Å²) in [5.41, 5.74) is 6.48. The topological polar surface area (TPSA) is 92.3 Å². The fourth-order valence-electron chi connectivity index (χ4n) is 4.38. The second kappa shape index (κ2) is 10.7. The quantitative estimate of drug-likeness (QED) is 0.442. The first kappa shape index (κ1) is 24.4. The first-order valence-electron chi connectivity index (χ1n) is 12.2. The van der Waals surface area contributed by atoms with Crippen molar-refractivity contribution in [2.45, 2.75) is 47.5 Å². The van der Waals surface area contributed by atoms with E-state index in [4.69, 9.17) is 14.7 Å². The van der Waals surface area contributed by atoms with Crippen molar-refractivity contribution in [2.75, 3.05) is 35.2 Å². The zero-order valence-electron chi connectivity index (χ0n) is 21.2. The second-order valence-electron chi connectivity index (χ2n) is 9.21. The van der Waals surface area contributed by atoms with Gasteiger partial charge in [0.1, 0.15) is 0 Å². The van der Waals surface area contributed by atoms with Crippen LogP contribution in [-0.2, 0) is 9.53 Å². The molecule has 184 valence electrons. The number of hydrogen-bond donors (Lipinski definition) is 2. The molecule has 8 heteroatoms. The van der Waals surface area contributed by atoms with Gasteiger partial charge in [0.15, 0.2) is 0 Å². The number of nitrogens with zero attached hydrogens (tertiary/aromatic N) is 4. The van der Waals surface area contributed by atoms with Crippen molar-refractivity contribution in [3.8, 4) is 0 Å². The zero-order valence-corrected chi connectivity index (χ0v) is 21.2. The number of nitrogens with one attached hydrogen (secondary N) is 2. The van der Waals surface area contributed by atoms with Crippen LogP contribution in [0.5, 0.6) is 0 Å². The van der Waals surface area contributed by atoms with Crippen LogP contribution in [0.15, 0.2) is 36.4 Å². The van der Waals surface area contributed by atoms with Gasteiger partial charge in [0.05, 0.1) is 12.5 Å². The first-order chi connectivity index (χ1) is 16.8. The summed E-state index contributed by atoms with van der Waals surface area (Å²) < 4.78 is 5.27. The highest BCUT2D eigenvalue weighted by molar-refractivity contribution is 5.73. The Hall–Kier alpha value is -3.68. The summed E-state index contributed by atoms with van der Waals surface area (Å²) in [6.07, 6.45) is 1.68. The van der Waals surface area contributed by atoms with Gasteiger partial charge in [0, 0.05) is 24.5 Å². The van der Waals surface area contributed by atoms with Gasteiger partial charge >= 0.3 is 5.97 Å². The highest BCUT2D eigenvalue weighted by Crippen LogP contribution is 2.27. The molecular weight excluding hydrogens is 440 g/mol. The van der Waals surface area contributed by atoms with Gasteiger partial charge in [-0.05, 0) is 70.7 Å². The standard InChI is InChI=1S/C27H34N6O2/c1-6-35-24(34)21-8-7-13-33(16-21)27-31-25(28-22-11-9-17(2)14-19(22)4)30-26(32-27)29-23-12-10-18(3)15-20(23)5/h9-12,14-15,21H,6-8,13,16H2,1-5H3,(H2,28,29,30,31,32)/t21-/m1/s1. The van der Waals surface area contributed by atoms with E-state index >= 15 is 0 Å². The lowest BCUT2D eigenvalue weighted by Gasteiger charge is -2.31. The minimum atomic E-state index is -0.188. The van der Waals surface area contributed by atoms with Crippen LogP contribution in [-0.4, -0.2) is 40.6 Å². The highest BCUT2D eigenvalue weighted by Gasteiger charge is 2.29. The Balaban J connectivity index is 1.67.